The Labute approximate surface area is 153 Å². The van der Waals surface area contributed by atoms with E-state index in [-0.39, 0.29) is 0 Å². The summed E-state index contributed by atoms with van der Waals surface area (Å²) in [5.74, 6) is 0.499. The second-order valence-corrected chi connectivity index (χ2v) is 6.37. The van der Waals surface area contributed by atoms with Gasteiger partial charge in [0.2, 0.25) is 5.88 Å². The Morgan fingerprint density at radius 1 is 1.27 bits per heavy atom. The molecule has 7 nitrogen and oxygen atoms in total. The fourth-order valence-corrected chi connectivity index (χ4v) is 3.10. The van der Waals surface area contributed by atoms with Gasteiger partial charge in [-0.05, 0) is 37.5 Å². The van der Waals surface area contributed by atoms with Crippen LogP contribution >= 0.6 is 0 Å². The van der Waals surface area contributed by atoms with Crippen molar-refractivity contribution in [3.8, 4) is 5.88 Å². The zero-order chi connectivity index (χ0) is 18.4. The molecular weight excluding hydrogens is 332 g/mol. The van der Waals surface area contributed by atoms with Gasteiger partial charge in [0.1, 0.15) is 12.1 Å². The van der Waals surface area contributed by atoms with Crippen molar-refractivity contribution < 1.29 is 14.6 Å². The number of piperidine rings is 1. The number of nitrogens with zero attached hydrogens (tertiary/aromatic N) is 3. The number of carboxylic acids is 1. The minimum atomic E-state index is -0.888. The van der Waals surface area contributed by atoms with Crippen LogP contribution in [0.2, 0.25) is 0 Å². The fraction of sp³-hybridized carbons (Fsp3) is 0.421. The van der Waals surface area contributed by atoms with Crippen LogP contribution in [-0.2, 0) is 6.54 Å². The third kappa shape index (κ3) is 4.92. The molecule has 7 heteroatoms. The van der Waals surface area contributed by atoms with E-state index in [1.807, 2.05) is 25.1 Å². The third-order valence-electron chi connectivity index (χ3n) is 4.48. The molecule has 0 atom stereocenters. The number of hydrogen-bond donors (Lipinski definition) is 2. The first kappa shape index (κ1) is 18.1. The standard InChI is InChI=1S/C19H24N4O3/c1-2-26-18-11-17(20-13-21-18)22-16-7-9-23(10-8-16)12-14-3-5-15(6-4-14)19(24)25/h3-6,11,13,16H,2,7-10,12H2,1H3,(H,24,25)(H,20,21,22). The predicted octanol–water partition coefficient (Wildman–Crippen LogP) is 2.65. The molecule has 2 heterocycles. The normalized spacial score (nSPS) is 15.6. The van der Waals surface area contributed by atoms with Gasteiger partial charge < -0.3 is 15.2 Å². The third-order valence-corrected chi connectivity index (χ3v) is 4.48. The van der Waals surface area contributed by atoms with E-state index >= 15 is 0 Å². The minimum Gasteiger partial charge on any atom is -0.478 e. The molecule has 1 saturated heterocycles. The Morgan fingerprint density at radius 2 is 2.00 bits per heavy atom. The van der Waals surface area contributed by atoms with Crippen LogP contribution in [0.25, 0.3) is 0 Å². The summed E-state index contributed by atoms with van der Waals surface area (Å²) < 4.78 is 5.41. The van der Waals surface area contributed by atoms with E-state index in [4.69, 9.17) is 9.84 Å². The molecule has 2 N–H and O–H groups in total. The highest BCUT2D eigenvalue weighted by atomic mass is 16.5. The summed E-state index contributed by atoms with van der Waals surface area (Å²) in [5, 5.41) is 12.4. The molecular formula is C19H24N4O3. The van der Waals surface area contributed by atoms with Crippen LogP contribution in [0.15, 0.2) is 36.7 Å². The number of ether oxygens (including phenoxy) is 1. The van der Waals surface area contributed by atoms with E-state index in [1.54, 1.807) is 12.1 Å². The summed E-state index contributed by atoms with van der Waals surface area (Å²) in [4.78, 5) is 21.6. The number of carbonyl (C=O) groups is 1. The molecule has 0 saturated carbocycles. The van der Waals surface area contributed by atoms with Gasteiger partial charge in [-0.25, -0.2) is 14.8 Å². The Hall–Kier alpha value is -2.67. The molecule has 3 rings (SSSR count). The van der Waals surface area contributed by atoms with Gasteiger partial charge >= 0.3 is 5.97 Å². The van der Waals surface area contributed by atoms with Gasteiger partial charge in [-0.3, -0.25) is 4.90 Å². The summed E-state index contributed by atoms with van der Waals surface area (Å²) in [5.41, 5.74) is 1.46. The molecule has 0 unspecified atom stereocenters. The first-order chi connectivity index (χ1) is 12.6. The van der Waals surface area contributed by atoms with Gasteiger partial charge in [0, 0.05) is 31.7 Å². The molecule has 1 fully saturated rings. The lowest BCUT2D eigenvalue weighted by atomic mass is 10.0. The maximum Gasteiger partial charge on any atom is 0.335 e. The average molecular weight is 356 g/mol. The average Bonchev–Trinajstić information content (AvgIpc) is 2.64. The summed E-state index contributed by atoms with van der Waals surface area (Å²) >= 11 is 0. The number of benzene rings is 1. The second kappa shape index (κ2) is 8.62. The van der Waals surface area contributed by atoms with Gasteiger partial charge in [0.05, 0.1) is 12.2 Å². The summed E-state index contributed by atoms with van der Waals surface area (Å²) in [7, 11) is 0. The molecule has 1 aromatic heterocycles. The summed E-state index contributed by atoms with van der Waals surface area (Å²) in [6.07, 6.45) is 3.58. The van der Waals surface area contributed by atoms with Crippen molar-refractivity contribution in [1.29, 1.82) is 0 Å². The van der Waals surface area contributed by atoms with Crippen molar-refractivity contribution in [3.05, 3.63) is 47.8 Å². The Balaban J connectivity index is 1.48. The van der Waals surface area contributed by atoms with Crippen molar-refractivity contribution in [2.45, 2.75) is 32.4 Å². The highest BCUT2D eigenvalue weighted by molar-refractivity contribution is 5.87. The first-order valence-electron chi connectivity index (χ1n) is 8.90. The van der Waals surface area contributed by atoms with Crippen LogP contribution in [-0.4, -0.2) is 51.7 Å². The number of anilines is 1. The Morgan fingerprint density at radius 3 is 2.65 bits per heavy atom. The van der Waals surface area contributed by atoms with E-state index in [1.165, 1.54) is 6.33 Å². The van der Waals surface area contributed by atoms with Crippen molar-refractivity contribution >= 4 is 11.8 Å². The van der Waals surface area contributed by atoms with Crippen LogP contribution in [0, 0.1) is 0 Å². The van der Waals surface area contributed by atoms with Crippen molar-refractivity contribution in [2.75, 3.05) is 25.0 Å². The van der Waals surface area contributed by atoms with Crippen LogP contribution in [0.1, 0.15) is 35.7 Å². The quantitative estimate of drug-likeness (QED) is 0.788. The largest absolute Gasteiger partial charge is 0.478 e. The summed E-state index contributed by atoms with van der Waals surface area (Å²) in [6, 6.07) is 9.33. The first-order valence-corrected chi connectivity index (χ1v) is 8.90. The maximum absolute atomic E-state index is 10.9. The maximum atomic E-state index is 10.9. The van der Waals surface area contributed by atoms with E-state index in [9.17, 15) is 4.79 Å². The van der Waals surface area contributed by atoms with Gasteiger partial charge in [-0.2, -0.15) is 0 Å². The Kier molecular flexibility index (Phi) is 6.01. The highest BCUT2D eigenvalue weighted by Crippen LogP contribution is 2.19. The van der Waals surface area contributed by atoms with E-state index in [2.05, 4.69) is 20.2 Å². The Bertz CT molecular complexity index is 728. The molecule has 26 heavy (non-hydrogen) atoms. The molecule has 0 amide bonds. The topological polar surface area (TPSA) is 87.6 Å². The molecule has 1 aromatic carbocycles. The lowest BCUT2D eigenvalue weighted by molar-refractivity contribution is 0.0697. The van der Waals surface area contributed by atoms with E-state index < -0.39 is 5.97 Å². The van der Waals surface area contributed by atoms with Crippen LogP contribution in [0.4, 0.5) is 5.82 Å². The van der Waals surface area contributed by atoms with Crippen molar-refractivity contribution in [1.82, 2.24) is 14.9 Å². The van der Waals surface area contributed by atoms with Crippen LogP contribution < -0.4 is 10.1 Å². The molecule has 0 aliphatic carbocycles. The number of aromatic nitrogens is 2. The predicted molar refractivity (Wildman–Crippen MR) is 98.5 cm³/mol. The molecule has 2 aromatic rings. The fourth-order valence-electron chi connectivity index (χ4n) is 3.10. The van der Waals surface area contributed by atoms with Crippen LogP contribution in [0.3, 0.4) is 0 Å². The number of nitrogens with one attached hydrogen (secondary N) is 1. The zero-order valence-electron chi connectivity index (χ0n) is 14.9. The van der Waals surface area contributed by atoms with Crippen molar-refractivity contribution in [2.24, 2.45) is 0 Å². The van der Waals surface area contributed by atoms with E-state index in [0.29, 0.717) is 24.1 Å². The number of likely N-dealkylation sites (tertiary alicyclic amines) is 1. The number of aromatic carboxylic acids is 1. The van der Waals surface area contributed by atoms with Gasteiger partial charge in [-0.1, -0.05) is 12.1 Å². The number of rotatable bonds is 7. The monoisotopic (exact) mass is 356 g/mol. The van der Waals surface area contributed by atoms with Crippen molar-refractivity contribution in [3.63, 3.8) is 0 Å². The summed E-state index contributed by atoms with van der Waals surface area (Å²) in [6.45, 7) is 5.33. The lowest BCUT2D eigenvalue weighted by Crippen LogP contribution is -2.38. The van der Waals surface area contributed by atoms with Gasteiger partial charge in [0.15, 0.2) is 0 Å². The SMILES string of the molecule is CCOc1cc(NC2CCN(Cc3ccc(C(=O)O)cc3)CC2)ncn1. The lowest BCUT2D eigenvalue weighted by Gasteiger charge is -2.32. The molecule has 138 valence electrons. The number of carboxylic acid groups (broad SMARTS) is 1. The zero-order valence-corrected chi connectivity index (χ0v) is 14.9. The molecule has 0 spiro atoms. The molecule has 1 aliphatic heterocycles. The number of hydrogen-bond acceptors (Lipinski definition) is 6. The molecule has 0 bridgehead atoms. The second-order valence-electron chi connectivity index (χ2n) is 6.37. The van der Waals surface area contributed by atoms with Gasteiger partial charge in [-0.15, -0.1) is 0 Å². The van der Waals surface area contributed by atoms with Gasteiger partial charge in [0.25, 0.3) is 0 Å². The molecule has 0 radical (unpaired) electrons. The molecule has 1 aliphatic rings. The smallest absolute Gasteiger partial charge is 0.335 e. The highest BCUT2D eigenvalue weighted by Gasteiger charge is 2.19. The minimum absolute atomic E-state index is 0.327. The van der Waals surface area contributed by atoms with E-state index in [0.717, 1.165) is 43.9 Å². The van der Waals surface area contributed by atoms with Crippen LogP contribution in [0.5, 0.6) is 5.88 Å².